The fraction of sp³-hybridized carbons (Fsp3) is 0.286. The van der Waals surface area contributed by atoms with Crippen LogP contribution in [-0.4, -0.2) is 29.0 Å². The molecule has 5 heteroatoms. The van der Waals surface area contributed by atoms with Crippen molar-refractivity contribution in [1.82, 2.24) is 4.90 Å². The first-order valence-corrected chi connectivity index (χ1v) is 6.07. The van der Waals surface area contributed by atoms with Gasteiger partial charge in [0.2, 0.25) is 0 Å². The highest BCUT2D eigenvalue weighted by atomic mass is 16.3. The van der Waals surface area contributed by atoms with Crippen molar-refractivity contribution >= 4 is 11.6 Å². The number of phenols is 1. The third kappa shape index (κ3) is 4.36. The Morgan fingerprint density at radius 2 is 1.95 bits per heavy atom. The maximum absolute atomic E-state index is 11.9. The van der Waals surface area contributed by atoms with Gasteiger partial charge in [0.05, 0.1) is 0 Å². The quantitative estimate of drug-likeness (QED) is 0.482. The monoisotopic (exact) mass is 259 g/mol. The Bertz CT molecular complexity index is 496. The molecule has 0 heterocycles. The zero-order chi connectivity index (χ0) is 14.3. The third-order valence-corrected chi connectivity index (χ3v) is 2.61. The fourth-order valence-corrected chi connectivity index (χ4v) is 1.47. The van der Waals surface area contributed by atoms with E-state index in [0.29, 0.717) is 5.69 Å². The number of phenolic OH excluding ortho intramolecular Hbond substituents is 1. The highest BCUT2D eigenvalue weighted by molar-refractivity contribution is 6.06. The molecule has 0 aliphatic heterocycles. The Kier molecular flexibility index (Phi) is 5.42. The number of hydrogen-bond donors (Lipinski definition) is 2. The van der Waals surface area contributed by atoms with Gasteiger partial charge in [-0.1, -0.05) is 0 Å². The molecule has 0 fully saturated rings. The van der Waals surface area contributed by atoms with Gasteiger partial charge in [-0.05, 0) is 38.1 Å². The molecule has 0 aliphatic rings. The van der Waals surface area contributed by atoms with Crippen LogP contribution < -0.4 is 5.32 Å². The summed E-state index contributed by atoms with van der Waals surface area (Å²) in [5, 5.41) is 20.8. The van der Waals surface area contributed by atoms with Gasteiger partial charge in [-0.2, -0.15) is 5.26 Å². The Labute approximate surface area is 112 Å². The molecule has 1 rings (SSSR count). The molecule has 1 aromatic carbocycles. The molecule has 1 aromatic rings. The van der Waals surface area contributed by atoms with E-state index in [1.54, 1.807) is 18.3 Å². The molecule has 5 nitrogen and oxygen atoms in total. The highest BCUT2D eigenvalue weighted by Crippen LogP contribution is 2.14. The molecule has 0 atom stereocenters. The number of carbonyl (C=O) groups excluding carboxylic acids is 1. The van der Waals surface area contributed by atoms with Crippen molar-refractivity contribution < 1.29 is 9.90 Å². The van der Waals surface area contributed by atoms with E-state index in [9.17, 15) is 4.79 Å². The standard InChI is InChI=1S/C14H17N3O2/c1-3-17(4-2)10-11(9-15)14(19)16-12-5-7-13(18)8-6-12/h5-8,10,18H,3-4H2,1-2H3,(H,16,19)/b11-10-. The Morgan fingerprint density at radius 3 is 2.42 bits per heavy atom. The van der Waals surface area contributed by atoms with E-state index >= 15 is 0 Å². The summed E-state index contributed by atoms with van der Waals surface area (Å²) in [6.45, 7) is 5.36. The van der Waals surface area contributed by atoms with Crippen LogP contribution in [0, 0.1) is 11.3 Å². The van der Waals surface area contributed by atoms with Gasteiger partial charge in [-0.3, -0.25) is 4.79 Å². The van der Waals surface area contributed by atoms with Crippen LogP contribution in [0.3, 0.4) is 0 Å². The number of hydrogen-bond acceptors (Lipinski definition) is 4. The third-order valence-electron chi connectivity index (χ3n) is 2.61. The highest BCUT2D eigenvalue weighted by Gasteiger charge is 2.10. The number of rotatable bonds is 5. The predicted octanol–water partition coefficient (Wildman–Crippen LogP) is 2.08. The molecule has 19 heavy (non-hydrogen) atoms. The second-order valence-electron chi connectivity index (χ2n) is 3.88. The summed E-state index contributed by atoms with van der Waals surface area (Å²) >= 11 is 0. The largest absolute Gasteiger partial charge is 0.508 e. The van der Waals surface area contributed by atoms with Gasteiger partial charge >= 0.3 is 0 Å². The van der Waals surface area contributed by atoms with Crippen molar-refractivity contribution in [2.75, 3.05) is 18.4 Å². The van der Waals surface area contributed by atoms with Gasteiger partial charge < -0.3 is 15.3 Å². The SMILES string of the molecule is CCN(/C=C(/C#N)C(=O)Nc1ccc(O)cc1)CC. The molecule has 0 bridgehead atoms. The van der Waals surface area contributed by atoms with Crippen LogP contribution in [0.15, 0.2) is 36.0 Å². The molecule has 0 spiro atoms. The number of nitrogens with one attached hydrogen (secondary N) is 1. The molecule has 0 aliphatic carbocycles. The zero-order valence-corrected chi connectivity index (χ0v) is 11.1. The second kappa shape index (κ2) is 7.07. The molecule has 2 N–H and O–H groups in total. The smallest absolute Gasteiger partial charge is 0.267 e. The summed E-state index contributed by atoms with van der Waals surface area (Å²) in [5.74, 6) is -0.336. The van der Waals surface area contributed by atoms with Crippen molar-refractivity contribution in [3.05, 3.63) is 36.0 Å². The molecular weight excluding hydrogens is 242 g/mol. The number of aromatic hydroxyl groups is 1. The minimum atomic E-state index is -0.458. The maximum atomic E-state index is 11.9. The maximum Gasteiger partial charge on any atom is 0.267 e. The number of carbonyl (C=O) groups is 1. The molecule has 0 radical (unpaired) electrons. The minimum Gasteiger partial charge on any atom is -0.508 e. The van der Waals surface area contributed by atoms with Gasteiger partial charge in [-0.15, -0.1) is 0 Å². The number of benzene rings is 1. The van der Waals surface area contributed by atoms with Crippen molar-refractivity contribution in [2.45, 2.75) is 13.8 Å². The van der Waals surface area contributed by atoms with E-state index < -0.39 is 5.91 Å². The topological polar surface area (TPSA) is 76.4 Å². The Balaban J connectivity index is 2.80. The van der Waals surface area contributed by atoms with E-state index in [1.807, 2.05) is 24.8 Å². The van der Waals surface area contributed by atoms with Crippen molar-refractivity contribution in [2.24, 2.45) is 0 Å². The van der Waals surface area contributed by atoms with Crippen molar-refractivity contribution in [1.29, 1.82) is 5.26 Å². The van der Waals surface area contributed by atoms with E-state index in [0.717, 1.165) is 13.1 Å². The normalized spacial score (nSPS) is 10.7. The van der Waals surface area contributed by atoms with Crippen LogP contribution in [0.5, 0.6) is 5.75 Å². The minimum absolute atomic E-state index is 0.0526. The van der Waals surface area contributed by atoms with Crippen LogP contribution >= 0.6 is 0 Å². The predicted molar refractivity (Wildman–Crippen MR) is 73.4 cm³/mol. The first kappa shape index (κ1) is 14.6. The second-order valence-corrected chi connectivity index (χ2v) is 3.88. The summed E-state index contributed by atoms with van der Waals surface area (Å²) in [5.41, 5.74) is 0.584. The van der Waals surface area contributed by atoms with Crippen LogP contribution in [-0.2, 0) is 4.79 Å². The number of nitrogens with zero attached hydrogens (tertiary/aromatic N) is 2. The molecular formula is C14H17N3O2. The molecule has 0 saturated carbocycles. The number of nitriles is 1. The molecule has 0 unspecified atom stereocenters. The summed E-state index contributed by atoms with van der Waals surface area (Å²) in [4.78, 5) is 13.8. The lowest BCUT2D eigenvalue weighted by Crippen LogP contribution is -2.20. The average Bonchev–Trinajstić information content (AvgIpc) is 2.42. The molecule has 100 valence electrons. The lowest BCUT2D eigenvalue weighted by Gasteiger charge is -2.15. The van der Waals surface area contributed by atoms with Gasteiger partial charge in [0.25, 0.3) is 5.91 Å². The average molecular weight is 259 g/mol. The van der Waals surface area contributed by atoms with Crippen LogP contribution in [0.25, 0.3) is 0 Å². The van der Waals surface area contributed by atoms with E-state index in [2.05, 4.69) is 5.32 Å². The summed E-state index contributed by atoms with van der Waals surface area (Å²) in [7, 11) is 0. The van der Waals surface area contributed by atoms with Gasteiger partial charge in [0, 0.05) is 25.0 Å². The fourth-order valence-electron chi connectivity index (χ4n) is 1.47. The molecule has 0 aromatic heterocycles. The first-order chi connectivity index (χ1) is 9.10. The van der Waals surface area contributed by atoms with E-state index in [1.165, 1.54) is 12.1 Å². The van der Waals surface area contributed by atoms with E-state index in [4.69, 9.17) is 10.4 Å². The van der Waals surface area contributed by atoms with Gasteiger partial charge in [0.1, 0.15) is 17.4 Å². The van der Waals surface area contributed by atoms with Crippen molar-refractivity contribution in [3.8, 4) is 11.8 Å². The number of anilines is 1. The Hall–Kier alpha value is -2.48. The summed E-state index contributed by atoms with van der Waals surface area (Å²) in [6, 6.07) is 7.96. The number of amides is 1. The van der Waals surface area contributed by atoms with Crippen molar-refractivity contribution in [3.63, 3.8) is 0 Å². The van der Waals surface area contributed by atoms with E-state index in [-0.39, 0.29) is 11.3 Å². The van der Waals surface area contributed by atoms with Crippen LogP contribution in [0.4, 0.5) is 5.69 Å². The zero-order valence-electron chi connectivity index (χ0n) is 11.1. The molecule has 1 amide bonds. The first-order valence-electron chi connectivity index (χ1n) is 6.07. The molecule has 0 saturated heterocycles. The van der Waals surface area contributed by atoms with Gasteiger partial charge in [-0.25, -0.2) is 0 Å². The van der Waals surface area contributed by atoms with Crippen LogP contribution in [0.1, 0.15) is 13.8 Å². The Morgan fingerprint density at radius 1 is 1.37 bits per heavy atom. The summed E-state index contributed by atoms with van der Waals surface area (Å²) < 4.78 is 0. The summed E-state index contributed by atoms with van der Waals surface area (Å²) in [6.07, 6.45) is 1.55. The van der Waals surface area contributed by atoms with Crippen LogP contribution in [0.2, 0.25) is 0 Å². The lowest BCUT2D eigenvalue weighted by atomic mass is 10.2. The lowest BCUT2D eigenvalue weighted by molar-refractivity contribution is -0.112. The van der Waals surface area contributed by atoms with Gasteiger partial charge in [0.15, 0.2) is 0 Å².